The lowest BCUT2D eigenvalue weighted by Gasteiger charge is -2.14. The van der Waals surface area contributed by atoms with Crippen LogP contribution in [0.4, 0.5) is 17.6 Å². The Bertz CT molecular complexity index is 526. The topological polar surface area (TPSA) is 40.0 Å². The van der Waals surface area contributed by atoms with Gasteiger partial charge in [-0.15, -0.1) is 13.2 Å². The van der Waals surface area contributed by atoms with E-state index in [0.717, 1.165) is 19.2 Å². The predicted molar refractivity (Wildman–Crippen MR) is 63.6 cm³/mol. The lowest BCUT2D eigenvalue weighted by atomic mass is 10.3. The van der Waals surface area contributed by atoms with E-state index in [1.807, 2.05) is 0 Å². The molecule has 0 fully saturated rings. The SMILES string of the molecule is C=N/C=C(\C)Oc1ccc(OC(F)(F)F)c(F)c1OC. The highest BCUT2D eigenvalue weighted by Crippen LogP contribution is 2.38. The fourth-order valence-corrected chi connectivity index (χ4v) is 1.32. The van der Waals surface area contributed by atoms with Gasteiger partial charge in [-0.1, -0.05) is 0 Å². The Kier molecular flexibility index (Phi) is 4.95. The highest BCUT2D eigenvalue weighted by Gasteiger charge is 2.33. The van der Waals surface area contributed by atoms with E-state index in [1.165, 1.54) is 13.1 Å². The van der Waals surface area contributed by atoms with Gasteiger partial charge in [0.05, 0.1) is 13.3 Å². The quantitative estimate of drug-likeness (QED) is 0.472. The number of hydrogen-bond donors (Lipinski definition) is 0. The molecular weight excluding hydrogens is 282 g/mol. The van der Waals surface area contributed by atoms with Crippen LogP contribution in [0.25, 0.3) is 0 Å². The second-order valence-corrected chi connectivity index (χ2v) is 3.48. The average molecular weight is 293 g/mol. The normalized spacial score (nSPS) is 12.0. The molecule has 0 aromatic heterocycles. The van der Waals surface area contributed by atoms with Crippen molar-refractivity contribution < 1.29 is 31.8 Å². The summed E-state index contributed by atoms with van der Waals surface area (Å²) in [6, 6.07) is 1.87. The van der Waals surface area contributed by atoms with Crippen LogP contribution in [0.15, 0.2) is 29.1 Å². The van der Waals surface area contributed by atoms with E-state index in [9.17, 15) is 17.6 Å². The van der Waals surface area contributed by atoms with E-state index in [-0.39, 0.29) is 11.5 Å². The lowest BCUT2D eigenvalue weighted by molar-refractivity contribution is -0.275. The van der Waals surface area contributed by atoms with Crippen molar-refractivity contribution in [2.75, 3.05) is 7.11 Å². The molecule has 0 saturated carbocycles. The molecule has 0 N–H and O–H groups in total. The first kappa shape index (κ1) is 15.8. The van der Waals surface area contributed by atoms with Gasteiger partial charge in [-0.25, -0.2) is 0 Å². The first-order valence-corrected chi connectivity index (χ1v) is 5.21. The van der Waals surface area contributed by atoms with Crippen LogP contribution in [-0.2, 0) is 0 Å². The highest BCUT2D eigenvalue weighted by molar-refractivity contribution is 5.48. The molecule has 8 heteroatoms. The summed E-state index contributed by atoms with van der Waals surface area (Å²) in [5.41, 5.74) is 0. The van der Waals surface area contributed by atoms with E-state index in [0.29, 0.717) is 0 Å². The standard InChI is InChI=1S/C12H11F4NO3/c1-7(6-17-2)19-9-5-4-8(20-12(14,15)16)10(13)11(9)18-3/h4-6H,2H2,1,3H3/b7-6+. The molecule has 0 aliphatic heterocycles. The summed E-state index contributed by atoms with van der Waals surface area (Å²) in [6.45, 7) is 4.71. The summed E-state index contributed by atoms with van der Waals surface area (Å²) >= 11 is 0. The van der Waals surface area contributed by atoms with Crippen LogP contribution < -0.4 is 14.2 Å². The lowest BCUT2D eigenvalue weighted by Crippen LogP contribution is -2.18. The van der Waals surface area contributed by atoms with E-state index in [1.54, 1.807) is 0 Å². The van der Waals surface area contributed by atoms with Crippen molar-refractivity contribution in [2.45, 2.75) is 13.3 Å². The zero-order valence-electron chi connectivity index (χ0n) is 10.6. The summed E-state index contributed by atoms with van der Waals surface area (Å²) in [5.74, 6) is -2.70. The highest BCUT2D eigenvalue weighted by atomic mass is 19.4. The van der Waals surface area contributed by atoms with Crippen molar-refractivity contribution in [2.24, 2.45) is 4.99 Å². The first-order valence-electron chi connectivity index (χ1n) is 5.21. The molecule has 0 spiro atoms. The van der Waals surface area contributed by atoms with Crippen LogP contribution >= 0.6 is 0 Å². The van der Waals surface area contributed by atoms with Gasteiger partial charge in [0.25, 0.3) is 0 Å². The maximum absolute atomic E-state index is 13.8. The molecule has 0 aliphatic rings. The summed E-state index contributed by atoms with van der Waals surface area (Å²) in [7, 11) is 1.09. The van der Waals surface area contributed by atoms with Crippen molar-refractivity contribution in [1.82, 2.24) is 0 Å². The van der Waals surface area contributed by atoms with E-state index >= 15 is 0 Å². The van der Waals surface area contributed by atoms with Crippen molar-refractivity contribution in [1.29, 1.82) is 0 Å². The molecule has 1 aromatic rings. The Labute approximate surface area is 112 Å². The Balaban J connectivity index is 3.14. The van der Waals surface area contributed by atoms with Gasteiger partial charge in [-0.3, -0.25) is 4.99 Å². The second-order valence-electron chi connectivity index (χ2n) is 3.48. The minimum absolute atomic E-state index is 0.114. The Hall–Kier alpha value is -2.25. The van der Waals surface area contributed by atoms with Gasteiger partial charge in [-0.2, -0.15) is 4.39 Å². The third-order valence-corrected chi connectivity index (χ3v) is 2.00. The zero-order valence-corrected chi connectivity index (χ0v) is 10.6. The van der Waals surface area contributed by atoms with E-state index in [4.69, 9.17) is 4.74 Å². The molecule has 0 radical (unpaired) electrons. The number of methoxy groups -OCH3 is 1. The van der Waals surface area contributed by atoms with Crippen molar-refractivity contribution >= 4 is 6.72 Å². The van der Waals surface area contributed by atoms with Crippen LogP contribution in [0, 0.1) is 5.82 Å². The second kappa shape index (κ2) is 6.27. The number of benzene rings is 1. The summed E-state index contributed by atoms with van der Waals surface area (Å²) in [6.07, 6.45) is -3.76. The molecule has 110 valence electrons. The Morgan fingerprint density at radius 3 is 2.40 bits per heavy atom. The van der Waals surface area contributed by atoms with Gasteiger partial charge in [0.2, 0.25) is 11.6 Å². The number of ether oxygens (including phenoxy) is 3. The largest absolute Gasteiger partial charge is 0.573 e. The number of nitrogens with zero attached hydrogens (tertiary/aromatic N) is 1. The molecule has 20 heavy (non-hydrogen) atoms. The average Bonchev–Trinajstić information content (AvgIpc) is 2.32. The molecule has 0 saturated heterocycles. The third kappa shape index (κ3) is 4.15. The fraction of sp³-hybridized carbons (Fsp3) is 0.250. The summed E-state index contributed by atoms with van der Waals surface area (Å²) in [5, 5.41) is 0. The number of alkyl halides is 3. The Morgan fingerprint density at radius 1 is 1.30 bits per heavy atom. The smallest absolute Gasteiger partial charge is 0.490 e. The number of rotatable bonds is 5. The molecular formula is C12H11F4NO3. The maximum Gasteiger partial charge on any atom is 0.573 e. The molecule has 0 heterocycles. The van der Waals surface area contributed by atoms with Gasteiger partial charge in [0, 0.05) is 0 Å². The zero-order chi connectivity index (χ0) is 15.3. The van der Waals surface area contributed by atoms with Crippen LogP contribution in [0.3, 0.4) is 0 Å². The van der Waals surface area contributed by atoms with Crippen LogP contribution in [0.5, 0.6) is 17.2 Å². The maximum atomic E-state index is 13.8. The van der Waals surface area contributed by atoms with Crippen molar-refractivity contribution in [3.05, 3.63) is 29.9 Å². The molecule has 0 atom stereocenters. The van der Waals surface area contributed by atoms with E-state index in [2.05, 4.69) is 21.2 Å². The van der Waals surface area contributed by atoms with Gasteiger partial charge in [0.15, 0.2) is 11.5 Å². The third-order valence-electron chi connectivity index (χ3n) is 2.00. The van der Waals surface area contributed by atoms with Crippen LogP contribution in [0.2, 0.25) is 0 Å². The van der Waals surface area contributed by atoms with Gasteiger partial charge in [-0.05, 0) is 25.8 Å². The number of hydrogen-bond acceptors (Lipinski definition) is 4. The van der Waals surface area contributed by atoms with Gasteiger partial charge >= 0.3 is 6.36 Å². The summed E-state index contributed by atoms with van der Waals surface area (Å²) in [4.78, 5) is 3.43. The number of allylic oxidation sites excluding steroid dienone is 1. The molecule has 1 rings (SSSR count). The predicted octanol–water partition coefficient (Wildman–Crippen LogP) is 3.67. The Morgan fingerprint density at radius 2 is 1.90 bits per heavy atom. The van der Waals surface area contributed by atoms with Crippen LogP contribution in [-0.4, -0.2) is 20.2 Å². The van der Waals surface area contributed by atoms with E-state index < -0.39 is 23.7 Å². The molecule has 1 aromatic carbocycles. The fourth-order valence-electron chi connectivity index (χ4n) is 1.32. The first-order chi connectivity index (χ1) is 9.28. The molecule has 0 aliphatic carbocycles. The molecule has 0 unspecified atom stereocenters. The minimum atomic E-state index is -5.00. The molecule has 0 bridgehead atoms. The monoisotopic (exact) mass is 293 g/mol. The van der Waals surface area contributed by atoms with Crippen LogP contribution in [0.1, 0.15) is 6.92 Å². The van der Waals surface area contributed by atoms with Gasteiger partial charge < -0.3 is 14.2 Å². The summed E-state index contributed by atoms with van der Waals surface area (Å²) < 4.78 is 63.4. The van der Waals surface area contributed by atoms with Crippen molar-refractivity contribution in [3.63, 3.8) is 0 Å². The van der Waals surface area contributed by atoms with Gasteiger partial charge in [0.1, 0.15) is 5.76 Å². The number of halogens is 4. The molecule has 0 amide bonds. The van der Waals surface area contributed by atoms with Crippen molar-refractivity contribution in [3.8, 4) is 17.2 Å². The minimum Gasteiger partial charge on any atom is -0.490 e. The molecule has 4 nitrogen and oxygen atoms in total. The number of aliphatic imine (C=N–C) groups is 1.